The molecule has 1 aromatic rings. The molecule has 2 heterocycles. The number of aromatic nitrogens is 1. The Labute approximate surface area is 123 Å². The SMILES string of the molecule is Cc1ncsc1CCC(=O)N[C@@H]1COC2(CCCC2)C1. The van der Waals surface area contributed by atoms with Crippen molar-refractivity contribution in [1.82, 2.24) is 10.3 Å². The molecule has 1 amide bonds. The van der Waals surface area contributed by atoms with Gasteiger partial charge in [-0.25, -0.2) is 4.98 Å². The van der Waals surface area contributed by atoms with Crippen LogP contribution in [-0.2, 0) is 16.0 Å². The van der Waals surface area contributed by atoms with E-state index in [9.17, 15) is 4.79 Å². The number of nitrogens with zero attached hydrogens (tertiary/aromatic N) is 1. The first-order valence-corrected chi connectivity index (χ1v) is 8.37. The Balaban J connectivity index is 1.44. The third kappa shape index (κ3) is 3.04. The van der Waals surface area contributed by atoms with Crippen LogP contribution in [0.5, 0.6) is 0 Å². The van der Waals surface area contributed by atoms with Crippen molar-refractivity contribution >= 4 is 17.2 Å². The highest BCUT2D eigenvalue weighted by Gasteiger charge is 2.42. The summed E-state index contributed by atoms with van der Waals surface area (Å²) in [4.78, 5) is 17.5. The molecule has 3 rings (SSSR count). The summed E-state index contributed by atoms with van der Waals surface area (Å²) in [6.07, 6.45) is 7.21. The highest BCUT2D eigenvalue weighted by Crippen LogP contribution is 2.40. The predicted octanol–water partition coefficient (Wildman–Crippen LogP) is 2.60. The molecule has 2 fully saturated rings. The van der Waals surface area contributed by atoms with Crippen LogP contribution in [0, 0.1) is 6.92 Å². The highest BCUT2D eigenvalue weighted by atomic mass is 32.1. The summed E-state index contributed by atoms with van der Waals surface area (Å²) >= 11 is 1.63. The largest absolute Gasteiger partial charge is 0.373 e. The lowest BCUT2D eigenvalue weighted by Gasteiger charge is -2.21. The third-order valence-corrected chi connectivity index (χ3v) is 5.51. The van der Waals surface area contributed by atoms with Crippen LogP contribution < -0.4 is 5.32 Å². The molecule has 5 heteroatoms. The first-order chi connectivity index (χ1) is 9.67. The van der Waals surface area contributed by atoms with E-state index in [1.807, 2.05) is 12.4 Å². The van der Waals surface area contributed by atoms with Crippen molar-refractivity contribution in [2.75, 3.05) is 6.61 Å². The minimum atomic E-state index is 0.0895. The standard InChI is InChI=1S/C15H22N2O2S/c1-11-13(20-10-16-11)4-5-14(18)17-12-8-15(19-9-12)6-2-3-7-15/h10,12H,2-9H2,1H3,(H,17,18)/t12-/m0/s1. The molecule has 1 N–H and O–H groups in total. The number of ether oxygens (including phenoxy) is 1. The fourth-order valence-corrected chi connectivity index (χ4v) is 4.18. The molecule has 1 spiro atoms. The topological polar surface area (TPSA) is 51.2 Å². The van der Waals surface area contributed by atoms with Gasteiger partial charge < -0.3 is 10.1 Å². The lowest BCUT2D eigenvalue weighted by atomic mass is 9.96. The molecule has 1 aromatic heterocycles. The van der Waals surface area contributed by atoms with E-state index in [4.69, 9.17) is 4.74 Å². The van der Waals surface area contributed by atoms with Crippen molar-refractivity contribution in [1.29, 1.82) is 0 Å². The second-order valence-corrected chi connectivity index (χ2v) is 6.97. The number of nitrogens with one attached hydrogen (secondary N) is 1. The zero-order valence-corrected chi connectivity index (χ0v) is 12.8. The van der Waals surface area contributed by atoms with Crippen LogP contribution in [0.1, 0.15) is 49.1 Å². The molecule has 0 unspecified atom stereocenters. The minimum Gasteiger partial charge on any atom is -0.373 e. The van der Waals surface area contributed by atoms with E-state index in [1.54, 1.807) is 11.3 Å². The van der Waals surface area contributed by atoms with Gasteiger partial charge in [0.25, 0.3) is 0 Å². The van der Waals surface area contributed by atoms with Gasteiger partial charge in [-0.2, -0.15) is 0 Å². The van der Waals surface area contributed by atoms with Crippen molar-refractivity contribution in [3.63, 3.8) is 0 Å². The fraction of sp³-hybridized carbons (Fsp3) is 0.733. The summed E-state index contributed by atoms with van der Waals surface area (Å²) in [5, 5.41) is 3.13. The van der Waals surface area contributed by atoms with Gasteiger partial charge >= 0.3 is 0 Å². The van der Waals surface area contributed by atoms with Crippen molar-refractivity contribution in [3.8, 4) is 0 Å². The molecule has 1 saturated carbocycles. The number of thiazole rings is 1. The molecule has 0 bridgehead atoms. The van der Waals surface area contributed by atoms with Gasteiger partial charge in [0, 0.05) is 11.3 Å². The van der Waals surface area contributed by atoms with Gasteiger partial charge in [0.1, 0.15) is 0 Å². The summed E-state index contributed by atoms with van der Waals surface area (Å²) in [7, 11) is 0. The number of hydrogen-bond donors (Lipinski definition) is 1. The smallest absolute Gasteiger partial charge is 0.220 e. The van der Waals surface area contributed by atoms with Gasteiger partial charge in [0.15, 0.2) is 0 Å². The summed E-state index contributed by atoms with van der Waals surface area (Å²) in [5.41, 5.74) is 2.99. The molecule has 2 aliphatic rings. The zero-order chi connectivity index (χ0) is 14.0. The van der Waals surface area contributed by atoms with E-state index < -0.39 is 0 Å². The lowest BCUT2D eigenvalue weighted by Crippen LogP contribution is -2.36. The summed E-state index contributed by atoms with van der Waals surface area (Å²) in [6.45, 7) is 2.68. The molecule has 1 aliphatic heterocycles. The molecule has 4 nitrogen and oxygen atoms in total. The average molecular weight is 294 g/mol. The van der Waals surface area contributed by atoms with Crippen LogP contribution in [0.3, 0.4) is 0 Å². The molecule has 1 atom stereocenters. The van der Waals surface area contributed by atoms with E-state index in [2.05, 4.69) is 10.3 Å². The molecular weight excluding hydrogens is 272 g/mol. The Morgan fingerprint density at radius 2 is 2.35 bits per heavy atom. The summed E-state index contributed by atoms with van der Waals surface area (Å²) in [5.74, 6) is 0.140. The Morgan fingerprint density at radius 3 is 3.05 bits per heavy atom. The maximum atomic E-state index is 12.0. The Bertz CT molecular complexity index is 480. The van der Waals surface area contributed by atoms with E-state index in [0.717, 1.165) is 18.5 Å². The van der Waals surface area contributed by atoms with Gasteiger partial charge in [0.05, 0.1) is 29.5 Å². The maximum Gasteiger partial charge on any atom is 0.220 e. The second kappa shape index (κ2) is 5.82. The van der Waals surface area contributed by atoms with Gasteiger partial charge in [-0.05, 0) is 32.6 Å². The van der Waals surface area contributed by atoms with Crippen LogP contribution in [0.25, 0.3) is 0 Å². The number of hydrogen-bond acceptors (Lipinski definition) is 4. The van der Waals surface area contributed by atoms with Gasteiger partial charge in [-0.1, -0.05) is 12.8 Å². The molecule has 0 radical (unpaired) electrons. The Morgan fingerprint density at radius 1 is 1.55 bits per heavy atom. The van der Waals surface area contributed by atoms with Crippen molar-refractivity contribution in [3.05, 3.63) is 16.1 Å². The van der Waals surface area contributed by atoms with Crippen LogP contribution in [0.2, 0.25) is 0 Å². The predicted molar refractivity (Wildman–Crippen MR) is 78.9 cm³/mol. The van der Waals surface area contributed by atoms with Gasteiger partial charge in [-0.15, -0.1) is 11.3 Å². The van der Waals surface area contributed by atoms with E-state index in [0.29, 0.717) is 13.0 Å². The van der Waals surface area contributed by atoms with Crippen LogP contribution in [0.4, 0.5) is 0 Å². The van der Waals surface area contributed by atoms with Crippen LogP contribution >= 0.6 is 11.3 Å². The number of aryl methyl sites for hydroxylation is 2. The molecule has 20 heavy (non-hydrogen) atoms. The number of carbonyl (C=O) groups excluding carboxylic acids is 1. The first-order valence-electron chi connectivity index (χ1n) is 7.49. The van der Waals surface area contributed by atoms with Gasteiger partial charge in [-0.3, -0.25) is 4.79 Å². The van der Waals surface area contributed by atoms with E-state index >= 15 is 0 Å². The van der Waals surface area contributed by atoms with Crippen molar-refractivity contribution in [2.45, 2.75) is 63.5 Å². The summed E-state index contributed by atoms with van der Waals surface area (Å²) in [6, 6.07) is 0.211. The molecule has 0 aromatic carbocycles. The van der Waals surface area contributed by atoms with Crippen molar-refractivity contribution < 1.29 is 9.53 Å². The second-order valence-electron chi connectivity index (χ2n) is 6.03. The molecular formula is C15H22N2O2S. The third-order valence-electron chi connectivity index (χ3n) is 4.51. The lowest BCUT2D eigenvalue weighted by molar-refractivity contribution is -0.121. The quantitative estimate of drug-likeness (QED) is 0.928. The average Bonchev–Trinajstić information content (AvgIpc) is 3.12. The fourth-order valence-electron chi connectivity index (χ4n) is 3.40. The molecule has 110 valence electrons. The Kier molecular flexibility index (Phi) is 4.08. The Hall–Kier alpha value is -0.940. The van der Waals surface area contributed by atoms with E-state index in [1.165, 1.54) is 30.6 Å². The van der Waals surface area contributed by atoms with Gasteiger partial charge in [0.2, 0.25) is 5.91 Å². The number of rotatable bonds is 4. The number of amides is 1. The minimum absolute atomic E-state index is 0.0895. The van der Waals surface area contributed by atoms with Crippen molar-refractivity contribution in [2.24, 2.45) is 0 Å². The molecule has 1 aliphatic carbocycles. The molecule has 1 saturated heterocycles. The monoisotopic (exact) mass is 294 g/mol. The maximum absolute atomic E-state index is 12.0. The van der Waals surface area contributed by atoms with E-state index in [-0.39, 0.29) is 17.6 Å². The van der Waals surface area contributed by atoms with Crippen LogP contribution in [-0.4, -0.2) is 29.1 Å². The number of carbonyl (C=O) groups is 1. The normalized spacial score (nSPS) is 24.4. The summed E-state index contributed by atoms with van der Waals surface area (Å²) < 4.78 is 5.96. The van der Waals surface area contributed by atoms with Crippen LogP contribution in [0.15, 0.2) is 5.51 Å². The zero-order valence-electron chi connectivity index (χ0n) is 12.0. The highest BCUT2D eigenvalue weighted by molar-refractivity contribution is 7.09. The first kappa shape index (κ1) is 14.0.